The minimum Gasteiger partial charge on any atom is -0.489 e. The molecular formula is C7H9ClN2O3S. The van der Waals surface area contributed by atoms with Crippen molar-refractivity contribution in [3.63, 3.8) is 0 Å². The Morgan fingerprint density at radius 2 is 2.29 bits per heavy atom. The first-order valence-corrected chi connectivity index (χ1v) is 5.80. The molecule has 0 radical (unpaired) electrons. The number of alkyl halides is 1. The zero-order valence-corrected chi connectivity index (χ0v) is 8.75. The van der Waals surface area contributed by atoms with Crippen molar-refractivity contribution in [3.05, 3.63) is 18.3 Å². The van der Waals surface area contributed by atoms with Crippen LogP contribution in [0.25, 0.3) is 0 Å². The predicted octanol–water partition coefficient (Wildman–Crippen LogP) is 0.347. The van der Waals surface area contributed by atoms with Crippen LogP contribution in [0.1, 0.15) is 0 Å². The molecule has 0 aliphatic rings. The zero-order valence-electron chi connectivity index (χ0n) is 7.18. The maximum atomic E-state index is 11.0. The fourth-order valence-electron chi connectivity index (χ4n) is 0.848. The normalized spacial score (nSPS) is 11.3. The third-order valence-electron chi connectivity index (χ3n) is 1.34. The van der Waals surface area contributed by atoms with E-state index in [9.17, 15) is 8.42 Å². The van der Waals surface area contributed by atoms with E-state index in [4.69, 9.17) is 21.5 Å². The Hall–Kier alpha value is -0.850. The summed E-state index contributed by atoms with van der Waals surface area (Å²) in [6.07, 6.45) is 1.33. The summed E-state index contributed by atoms with van der Waals surface area (Å²) in [5, 5.41) is 4.65. The van der Waals surface area contributed by atoms with Crippen molar-refractivity contribution >= 4 is 21.6 Å². The molecule has 14 heavy (non-hydrogen) atoms. The maximum Gasteiger partial charge on any atom is 0.259 e. The van der Waals surface area contributed by atoms with Crippen molar-refractivity contribution in [2.24, 2.45) is 5.14 Å². The van der Waals surface area contributed by atoms with Crippen molar-refractivity contribution in [2.75, 3.05) is 12.5 Å². The van der Waals surface area contributed by atoms with Crippen molar-refractivity contribution in [2.45, 2.75) is 5.03 Å². The summed E-state index contributed by atoms with van der Waals surface area (Å²) in [6, 6.07) is 3.03. The van der Waals surface area contributed by atoms with Gasteiger partial charge in [0.25, 0.3) is 10.0 Å². The Labute approximate surface area is 86.9 Å². The molecule has 0 saturated carbocycles. The Bertz CT molecular complexity index is 407. The van der Waals surface area contributed by atoms with E-state index in [-0.39, 0.29) is 23.3 Å². The maximum absolute atomic E-state index is 11.0. The molecule has 0 amide bonds. The highest BCUT2D eigenvalue weighted by Gasteiger charge is 2.15. The Morgan fingerprint density at radius 3 is 2.86 bits per heavy atom. The van der Waals surface area contributed by atoms with E-state index in [0.29, 0.717) is 0 Å². The largest absolute Gasteiger partial charge is 0.489 e. The SMILES string of the molecule is NS(=O)(=O)c1ncccc1OCCCl. The van der Waals surface area contributed by atoms with Crippen LogP contribution >= 0.6 is 11.6 Å². The van der Waals surface area contributed by atoms with Crippen molar-refractivity contribution in [3.8, 4) is 5.75 Å². The molecule has 7 heteroatoms. The lowest BCUT2D eigenvalue weighted by atomic mass is 10.5. The van der Waals surface area contributed by atoms with Gasteiger partial charge in [0.2, 0.25) is 5.03 Å². The third kappa shape index (κ3) is 2.83. The highest BCUT2D eigenvalue weighted by molar-refractivity contribution is 7.89. The minimum absolute atomic E-state index is 0.121. The van der Waals surface area contributed by atoms with Gasteiger partial charge in [0, 0.05) is 6.20 Å². The van der Waals surface area contributed by atoms with Crippen molar-refractivity contribution in [1.82, 2.24) is 4.98 Å². The van der Waals surface area contributed by atoms with Gasteiger partial charge in [-0.3, -0.25) is 0 Å². The van der Waals surface area contributed by atoms with Crippen LogP contribution in [0.5, 0.6) is 5.75 Å². The van der Waals surface area contributed by atoms with E-state index in [1.165, 1.54) is 12.3 Å². The van der Waals surface area contributed by atoms with Crippen molar-refractivity contribution in [1.29, 1.82) is 0 Å². The molecule has 0 aliphatic carbocycles. The van der Waals surface area contributed by atoms with Crippen LogP contribution in [-0.2, 0) is 10.0 Å². The third-order valence-corrected chi connectivity index (χ3v) is 2.34. The topological polar surface area (TPSA) is 82.3 Å². The van der Waals surface area contributed by atoms with Crippen molar-refractivity contribution < 1.29 is 13.2 Å². The van der Waals surface area contributed by atoms with E-state index in [2.05, 4.69) is 4.98 Å². The summed E-state index contributed by atoms with van der Waals surface area (Å²) in [4.78, 5) is 3.62. The number of ether oxygens (including phenoxy) is 1. The Kier molecular flexibility index (Phi) is 3.68. The van der Waals surface area contributed by atoms with Gasteiger partial charge >= 0.3 is 0 Å². The summed E-state index contributed by atoms with van der Waals surface area (Å²) >= 11 is 5.39. The molecule has 0 unspecified atom stereocenters. The van der Waals surface area contributed by atoms with Crippen LogP contribution in [0.4, 0.5) is 0 Å². The van der Waals surface area contributed by atoms with E-state index in [1.807, 2.05) is 0 Å². The van der Waals surface area contributed by atoms with E-state index in [1.54, 1.807) is 6.07 Å². The molecule has 0 aromatic carbocycles. The van der Waals surface area contributed by atoms with Gasteiger partial charge in [0.15, 0.2) is 5.75 Å². The summed E-state index contributed by atoms with van der Waals surface area (Å²) < 4.78 is 27.1. The zero-order chi connectivity index (χ0) is 10.6. The minimum atomic E-state index is -3.84. The molecule has 0 fully saturated rings. The number of primary sulfonamides is 1. The number of rotatable bonds is 4. The number of hydrogen-bond donors (Lipinski definition) is 1. The number of sulfonamides is 1. The smallest absolute Gasteiger partial charge is 0.259 e. The first-order chi connectivity index (χ1) is 6.55. The molecule has 1 aromatic heterocycles. The van der Waals surface area contributed by atoms with Gasteiger partial charge in [0.05, 0.1) is 5.88 Å². The summed E-state index contributed by atoms with van der Waals surface area (Å²) in [6.45, 7) is 0.204. The van der Waals surface area contributed by atoms with Gasteiger partial charge in [0.1, 0.15) is 6.61 Å². The first kappa shape index (κ1) is 11.2. The number of aromatic nitrogens is 1. The standard InChI is InChI=1S/C7H9ClN2O3S/c8-3-5-13-6-2-1-4-10-7(6)14(9,11)12/h1-2,4H,3,5H2,(H2,9,11,12). The van der Waals surface area contributed by atoms with Crippen LogP contribution in [0, 0.1) is 0 Å². The molecule has 0 saturated heterocycles. The second-order valence-corrected chi connectivity index (χ2v) is 4.24. The van der Waals surface area contributed by atoms with Crippen LogP contribution in [-0.4, -0.2) is 25.9 Å². The highest BCUT2D eigenvalue weighted by Crippen LogP contribution is 2.18. The van der Waals surface area contributed by atoms with Crippen LogP contribution in [0.15, 0.2) is 23.4 Å². The van der Waals surface area contributed by atoms with Gasteiger partial charge in [-0.05, 0) is 12.1 Å². The van der Waals surface area contributed by atoms with Gasteiger partial charge in [-0.15, -0.1) is 11.6 Å². The summed E-state index contributed by atoms with van der Waals surface area (Å²) in [5.74, 6) is 0.384. The highest BCUT2D eigenvalue weighted by atomic mass is 35.5. The van der Waals surface area contributed by atoms with Gasteiger partial charge in [-0.2, -0.15) is 0 Å². The fraction of sp³-hybridized carbons (Fsp3) is 0.286. The second-order valence-electron chi connectivity index (χ2n) is 2.39. The van der Waals surface area contributed by atoms with E-state index < -0.39 is 10.0 Å². The molecule has 1 heterocycles. The number of nitrogens with two attached hydrogens (primary N) is 1. The van der Waals surface area contributed by atoms with Gasteiger partial charge in [-0.25, -0.2) is 18.5 Å². The number of halogens is 1. The Balaban J connectivity index is 3.04. The van der Waals surface area contributed by atoms with Crippen LogP contribution < -0.4 is 9.88 Å². The first-order valence-electron chi connectivity index (χ1n) is 3.72. The molecule has 1 aromatic rings. The number of nitrogens with zero attached hydrogens (tertiary/aromatic N) is 1. The molecular weight excluding hydrogens is 228 g/mol. The molecule has 2 N–H and O–H groups in total. The molecule has 1 rings (SSSR count). The molecule has 5 nitrogen and oxygen atoms in total. The summed E-state index contributed by atoms with van der Waals surface area (Å²) in [5.41, 5.74) is 0. The fourth-order valence-corrected chi connectivity index (χ4v) is 1.54. The average molecular weight is 237 g/mol. The van der Waals surface area contributed by atoms with Crippen LogP contribution in [0.3, 0.4) is 0 Å². The second kappa shape index (κ2) is 4.59. The lowest BCUT2D eigenvalue weighted by molar-refractivity contribution is 0.330. The molecule has 0 aliphatic heterocycles. The van der Waals surface area contributed by atoms with E-state index in [0.717, 1.165) is 0 Å². The van der Waals surface area contributed by atoms with E-state index >= 15 is 0 Å². The predicted molar refractivity (Wildman–Crippen MR) is 51.8 cm³/mol. The molecule has 0 bridgehead atoms. The monoisotopic (exact) mass is 236 g/mol. The van der Waals surface area contributed by atoms with Gasteiger partial charge in [-0.1, -0.05) is 0 Å². The molecule has 78 valence electrons. The Morgan fingerprint density at radius 1 is 1.57 bits per heavy atom. The molecule has 0 atom stereocenters. The number of pyridine rings is 1. The average Bonchev–Trinajstić information content (AvgIpc) is 2.14. The lowest BCUT2D eigenvalue weighted by Gasteiger charge is -2.06. The quantitative estimate of drug-likeness (QED) is 0.765. The lowest BCUT2D eigenvalue weighted by Crippen LogP contribution is -2.16. The summed E-state index contributed by atoms with van der Waals surface area (Å²) in [7, 11) is -3.84. The number of hydrogen-bond acceptors (Lipinski definition) is 4. The molecule has 0 spiro atoms. The van der Waals surface area contributed by atoms with Gasteiger partial charge < -0.3 is 4.74 Å². The van der Waals surface area contributed by atoms with Crippen LogP contribution in [0.2, 0.25) is 0 Å².